The van der Waals surface area contributed by atoms with Crippen molar-refractivity contribution in [1.82, 2.24) is 15.0 Å². The second-order valence-corrected chi connectivity index (χ2v) is 5.50. The summed E-state index contributed by atoms with van der Waals surface area (Å²) in [5.41, 5.74) is -0.240. The lowest BCUT2D eigenvalue weighted by atomic mass is 10.4. The first-order valence-corrected chi connectivity index (χ1v) is 7.03. The van der Waals surface area contributed by atoms with Crippen LogP contribution in [0.4, 0.5) is 0 Å². The zero-order chi connectivity index (χ0) is 14.5. The van der Waals surface area contributed by atoms with Crippen LogP contribution < -0.4 is 10.0 Å². The Bertz CT molecular complexity index is 563. The van der Waals surface area contributed by atoms with Crippen molar-refractivity contribution in [2.24, 2.45) is 0 Å². The van der Waals surface area contributed by atoms with E-state index in [2.05, 4.69) is 15.0 Å². The maximum absolute atomic E-state index is 11.7. The first kappa shape index (κ1) is 15.2. The van der Waals surface area contributed by atoms with Gasteiger partial charge in [0, 0.05) is 12.7 Å². The molecule has 0 radical (unpaired) electrons. The topological polar surface area (TPSA) is 128 Å². The summed E-state index contributed by atoms with van der Waals surface area (Å²) >= 11 is 0. The molecular weight excluding hydrogens is 274 g/mol. The van der Waals surface area contributed by atoms with E-state index in [4.69, 9.17) is 5.11 Å². The lowest BCUT2D eigenvalue weighted by molar-refractivity contribution is -0.119. The van der Waals surface area contributed by atoms with Crippen LogP contribution in [0.1, 0.15) is 23.8 Å². The maximum atomic E-state index is 11.7. The highest BCUT2D eigenvalue weighted by Gasteiger charge is 2.18. The Labute approximate surface area is 110 Å². The number of carboxylic acids is 1. The molecule has 0 fully saturated rings. The molecular formula is C10H15N3O5S. The average Bonchev–Trinajstić information content (AvgIpc) is 2.84. The van der Waals surface area contributed by atoms with Gasteiger partial charge in [-0.2, -0.15) is 0 Å². The molecule has 106 valence electrons. The number of sulfonamides is 1. The van der Waals surface area contributed by atoms with E-state index >= 15 is 0 Å². The summed E-state index contributed by atoms with van der Waals surface area (Å²) in [5, 5.41) is 11.2. The molecule has 0 saturated heterocycles. The number of carbonyl (C=O) groups is 2. The largest absolute Gasteiger partial charge is 0.477 e. The van der Waals surface area contributed by atoms with Crippen LogP contribution in [-0.2, 0) is 14.8 Å². The molecule has 19 heavy (non-hydrogen) atoms. The van der Waals surface area contributed by atoms with Gasteiger partial charge in [-0.15, -0.1) is 0 Å². The Morgan fingerprint density at radius 3 is 2.63 bits per heavy atom. The number of hydrogen-bond acceptors (Lipinski definition) is 4. The summed E-state index contributed by atoms with van der Waals surface area (Å²) in [6.45, 7) is 1.95. The van der Waals surface area contributed by atoms with Crippen LogP contribution in [0.3, 0.4) is 0 Å². The number of nitrogens with one attached hydrogen (secondary N) is 3. The fourth-order valence-corrected chi connectivity index (χ4v) is 2.20. The van der Waals surface area contributed by atoms with Gasteiger partial charge in [0.1, 0.15) is 10.6 Å². The molecule has 0 aromatic carbocycles. The zero-order valence-corrected chi connectivity index (χ0v) is 11.1. The molecule has 0 saturated carbocycles. The summed E-state index contributed by atoms with van der Waals surface area (Å²) in [6.07, 6.45) is 1.80. The summed E-state index contributed by atoms with van der Waals surface area (Å²) < 4.78 is 25.6. The summed E-state index contributed by atoms with van der Waals surface area (Å²) in [7, 11) is -3.90. The van der Waals surface area contributed by atoms with Gasteiger partial charge in [0.05, 0.1) is 6.54 Å². The van der Waals surface area contributed by atoms with Crippen molar-refractivity contribution in [1.29, 1.82) is 0 Å². The van der Waals surface area contributed by atoms with E-state index in [1.165, 1.54) is 0 Å². The van der Waals surface area contributed by atoms with Crippen LogP contribution in [0, 0.1) is 0 Å². The monoisotopic (exact) mass is 289 g/mol. The number of hydrogen-bond donors (Lipinski definition) is 4. The van der Waals surface area contributed by atoms with Crippen molar-refractivity contribution in [3.05, 3.63) is 18.0 Å². The van der Waals surface area contributed by atoms with Gasteiger partial charge < -0.3 is 15.4 Å². The van der Waals surface area contributed by atoms with Gasteiger partial charge in [-0.3, -0.25) is 4.79 Å². The van der Waals surface area contributed by atoms with Crippen molar-refractivity contribution in [2.45, 2.75) is 18.2 Å². The smallest absolute Gasteiger partial charge is 0.352 e. The highest BCUT2D eigenvalue weighted by atomic mass is 32.2. The number of carboxylic acid groups (broad SMARTS) is 1. The third kappa shape index (κ3) is 4.38. The summed E-state index contributed by atoms with van der Waals surface area (Å²) in [5.74, 6) is -1.71. The molecule has 1 heterocycles. The molecule has 0 unspecified atom stereocenters. The third-order valence-corrected chi connectivity index (χ3v) is 3.57. The number of H-pyrrole nitrogens is 1. The molecule has 9 heteroatoms. The third-order valence-electron chi connectivity index (χ3n) is 2.19. The number of carbonyl (C=O) groups excluding carboxylic acids is 1. The van der Waals surface area contributed by atoms with Crippen molar-refractivity contribution < 1.29 is 23.1 Å². The van der Waals surface area contributed by atoms with Gasteiger partial charge in [0.2, 0.25) is 15.9 Å². The fourth-order valence-electron chi connectivity index (χ4n) is 1.22. The first-order valence-electron chi connectivity index (χ1n) is 5.55. The standard InChI is InChI=1S/C10H15N3O5S/c1-2-3-11-9(14)6-13-19(17,18)7-4-8(10(15)16)12-5-7/h4-5,12-13H,2-3,6H2,1H3,(H,11,14)(H,15,16). The molecule has 1 rings (SSSR count). The maximum Gasteiger partial charge on any atom is 0.352 e. The fraction of sp³-hybridized carbons (Fsp3) is 0.400. The molecule has 1 aromatic rings. The van der Waals surface area contributed by atoms with E-state index < -0.39 is 28.4 Å². The molecule has 8 nitrogen and oxygen atoms in total. The van der Waals surface area contributed by atoms with E-state index in [-0.39, 0.29) is 10.6 Å². The Hall–Kier alpha value is -1.87. The Kier molecular flexibility index (Phi) is 5.07. The number of aromatic carboxylic acids is 1. The zero-order valence-electron chi connectivity index (χ0n) is 10.3. The molecule has 0 aliphatic heterocycles. The number of aromatic nitrogens is 1. The van der Waals surface area contributed by atoms with Crippen LogP contribution in [0.15, 0.2) is 17.2 Å². The van der Waals surface area contributed by atoms with Crippen LogP contribution in [0.5, 0.6) is 0 Å². The van der Waals surface area contributed by atoms with Crippen molar-refractivity contribution >= 4 is 21.9 Å². The minimum atomic E-state index is -3.90. The van der Waals surface area contributed by atoms with E-state index in [0.717, 1.165) is 18.7 Å². The Morgan fingerprint density at radius 2 is 2.11 bits per heavy atom. The van der Waals surface area contributed by atoms with Gasteiger partial charge in [-0.1, -0.05) is 6.92 Å². The summed E-state index contributed by atoms with van der Waals surface area (Å²) in [6, 6.07) is 0.981. The summed E-state index contributed by atoms with van der Waals surface area (Å²) in [4.78, 5) is 24.0. The predicted molar refractivity (Wildman–Crippen MR) is 66.2 cm³/mol. The Morgan fingerprint density at radius 1 is 1.42 bits per heavy atom. The second-order valence-electron chi connectivity index (χ2n) is 3.73. The number of rotatable bonds is 7. The number of amides is 1. The number of aromatic amines is 1. The van der Waals surface area contributed by atoms with Crippen LogP contribution in [0.25, 0.3) is 0 Å². The SMILES string of the molecule is CCCNC(=O)CNS(=O)(=O)c1c[nH]c(C(=O)O)c1. The molecule has 1 aromatic heterocycles. The lowest BCUT2D eigenvalue weighted by Crippen LogP contribution is -2.37. The highest BCUT2D eigenvalue weighted by molar-refractivity contribution is 7.89. The van der Waals surface area contributed by atoms with Crippen LogP contribution >= 0.6 is 0 Å². The second kappa shape index (κ2) is 6.34. The molecule has 4 N–H and O–H groups in total. The molecule has 0 aliphatic carbocycles. The van der Waals surface area contributed by atoms with Crippen molar-refractivity contribution in [3.8, 4) is 0 Å². The van der Waals surface area contributed by atoms with Gasteiger partial charge in [0.25, 0.3) is 0 Å². The van der Waals surface area contributed by atoms with Gasteiger partial charge >= 0.3 is 5.97 Å². The molecule has 0 bridgehead atoms. The van der Waals surface area contributed by atoms with Crippen molar-refractivity contribution in [2.75, 3.05) is 13.1 Å². The molecule has 1 amide bonds. The van der Waals surface area contributed by atoms with E-state index in [1.54, 1.807) is 0 Å². The Balaban J connectivity index is 2.65. The van der Waals surface area contributed by atoms with Crippen LogP contribution in [-0.4, -0.2) is 43.5 Å². The van der Waals surface area contributed by atoms with E-state index in [9.17, 15) is 18.0 Å². The predicted octanol–water partition coefficient (Wildman–Crippen LogP) is -0.483. The normalized spacial score (nSPS) is 11.2. The molecule has 0 spiro atoms. The molecule has 0 aliphatic rings. The lowest BCUT2D eigenvalue weighted by Gasteiger charge is -2.05. The minimum Gasteiger partial charge on any atom is -0.477 e. The minimum absolute atomic E-state index is 0.229. The van der Waals surface area contributed by atoms with Crippen molar-refractivity contribution in [3.63, 3.8) is 0 Å². The first-order chi connectivity index (χ1) is 8.86. The van der Waals surface area contributed by atoms with Gasteiger partial charge in [0.15, 0.2) is 0 Å². The molecule has 0 atom stereocenters. The van der Waals surface area contributed by atoms with Gasteiger partial charge in [-0.05, 0) is 12.5 Å². The van der Waals surface area contributed by atoms with Crippen LogP contribution in [0.2, 0.25) is 0 Å². The quantitative estimate of drug-likeness (QED) is 0.539. The average molecular weight is 289 g/mol. The van der Waals surface area contributed by atoms with E-state index in [0.29, 0.717) is 6.54 Å². The highest BCUT2D eigenvalue weighted by Crippen LogP contribution is 2.10. The van der Waals surface area contributed by atoms with Gasteiger partial charge in [-0.25, -0.2) is 17.9 Å². The van der Waals surface area contributed by atoms with E-state index in [1.807, 2.05) is 6.92 Å².